The lowest BCUT2D eigenvalue weighted by Gasteiger charge is -1.99. The summed E-state index contributed by atoms with van der Waals surface area (Å²) < 4.78 is 41.9. The summed E-state index contributed by atoms with van der Waals surface area (Å²) >= 11 is 0. The van der Waals surface area contributed by atoms with Crippen LogP contribution in [-0.4, -0.2) is 16.1 Å². The van der Waals surface area contributed by atoms with Crippen molar-refractivity contribution in [2.75, 3.05) is 0 Å². The van der Waals surface area contributed by atoms with Crippen LogP contribution >= 0.6 is 0 Å². The second-order valence-corrected chi connectivity index (χ2v) is 3.81. The van der Waals surface area contributed by atoms with Gasteiger partial charge in [-0.15, -0.1) is 0 Å². The van der Waals surface area contributed by atoms with Gasteiger partial charge < -0.3 is 9.52 Å². The van der Waals surface area contributed by atoms with E-state index in [1.54, 1.807) is 0 Å². The molecule has 1 heterocycles. The molecule has 2 rings (SSSR count). The van der Waals surface area contributed by atoms with Crippen LogP contribution < -0.4 is 0 Å². The summed E-state index contributed by atoms with van der Waals surface area (Å²) in [5.74, 6) is -2.53. The van der Waals surface area contributed by atoms with Gasteiger partial charge in [0.15, 0.2) is 0 Å². The van der Waals surface area contributed by atoms with Crippen molar-refractivity contribution in [3.63, 3.8) is 0 Å². The number of aryl methyl sites for hydroxylation is 1. The summed E-state index contributed by atoms with van der Waals surface area (Å²) in [5.41, 5.74) is 0.209. The minimum absolute atomic E-state index is 0.0181. The molecule has 1 aromatic heterocycles. The van der Waals surface area contributed by atoms with Gasteiger partial charge >= 0.3 is 18.0 Å². The Balaban J connectivity index is 2.50. The fourth-order valence-electron chi connectivity index (χ4n) is 1.59. The molecule has 0 aliphatic carbocycles. The molecular formula is C12H8F3NO3. The number of aromatic carboxylic acids is 1. The van der Waals surface area contributed by atoms with Gasteiger partial charge in [-0.1, -0.05) is 12.1 Å². The molecule has 0 unspecified atom stereocenters. The number of rotatable bonds is 2. The zero-order valence-electron chi connectivity index (χ0n) is 9.65. The largest absolute Gasteiger partial charge is 0.478 e. The first-order valence-corrected chi connectivity index (χ1v) is 5.17. The van der Waals surface area contributed by atoms with Crippen LogP contribution in [0.15, 0.2) is 28.7 Å². The van der Waals surface area contributed by atoms with Crippen LogP contribution in [-0.2, 0) is 6.18 Å². The van der Waals surface area contributed by atoms with Crippen LogP contribution in [0.4, 0.5) is 13.2 Å². The van der Waals surface area contributed by atoms with Gasteiger partial charge in [0.25, 0.3) is 0 Å². The second kappa shape index (κ2) is 4.42. The lowest BCUT2D eigenvalue weighted by molar-refractivity contribution is -0.157. The number of aromatic nitrogens is 1. The Labute approximate surface area is 105 Å². The van der Waals surface area contributed by atoms with Gasteiger partial charge in [-0.05, 0) is 19.1 Å². The Hall–Kier alpha value is -2.31. The highest BCUT2D eigenvalue weighted by molar-refractivity contribution is 5.89. The molecule has 0 fully saturated rings. The fourth-order valence-corrected chi connectivity index (χ4v) is 1.59. The highest BCUT2D eigenvalue weighted by atomic mass is 19.4. The minimum Gasteiger partial charge on any atom is -0.478 e. The van der Waals surface area contributed by atoms with Crippen molar-refractivity contribution >= 4 is 5.97 Å². The number of carboxylic acid groups (broad SMARTS) is 1. The molecule has 0 saturated carbocycles. The maximum Gasteiger partial charge on any atom is 0.468 e. The predicted molar refractivity (Wildman–Crippen MR) is 58.6 cm³/mol. The first-order chi connectivity index (χ1) is 8.79. The summed E-state index contributed by atoms with van der Waals surface area (Å²) in [4.78, 5) is 14.2. The van der Waals surface area contributed by atoms with Crippen LogP contribution in [0.3, 0.4) is 0 Å². The first-order valence-electron chi connectivity index (χ1n) is 5.17. The van der Waals surface area contributed by atoms with Crippen LogP contribution in [0.2, 0.25) is 0 Å². The molecule has 1 N–H and O–H groups in total. The molecule has 0 spiro atoms. The van der Waals surface area contributed by atoms with Crippen LogP contribution in [0.1, 0.15) is 22.0 Å². The molecule has 1 aromatic carbocycles. The van der Waals surface area contributed by atoms with E-state index in [1.807, 2.05) is 0 Å². The Morgan fingerprint density at radius 3 is 2.58 bits per heavy atom. The molecule has 0 saturated heterocycles. The first kappa shape index (κ1) is 13.1. The molecular weight excluding hydrogens is 263 g/mol. The molecule has 2 aromatic rings. The Morgan fingerprint density at radius 1 is 1.37 bits per heavy atom. The Kier molecular flexibility index (Phi) is 3.05. The average Bonchev–Trinajstić information content (AvgIpc) is 2.71. The van der Waals surface area contributed by atoms with E-state index in [-0.39, 0.29) is 22.6 Å². The third-order valence-electron chi connectivity index (χ3n) is 2.42. The van der Waals surface area contributed by atoms with Gasteiger partial charge in [0, 0.05) is 5.56 Å². The number of halogens is 3. The minimum atomic E-state index is -4.67. The average molecular weight is 271 g/mol. The van der Waals surface area contributed by atoms with Crippen LogP contribution in [0.5, 0.6) is 0 Å². The molecule has 0 atom stereocenters. The molecule has 19 heavy (non-hydrogen) atoms. The maximum absolute atomic E-state index is 12.5. The van der Waals surface area contributed by atoms with E-state index in [2.05, 4.69) is 9.40 Å². The topological polar surface area (TPSA) is 63.3 Å². The van der Waals surface area contributed by atoms with Gasteiger partial charge in [0.05, 0.1) is 5.56 Å². The fraction of sp³-hybridized carbons (Fsp3) is 0.167. The molecule has 0 bridgehead atoms. The van der Waals surface area contributed by atoms with Gasteiger partial charge in [-0.2, -0.15) is 13.2 Å². The van der Waals surface area contributed by atoms with Crippen LogP contribution in [0.25, 0.3) is 11.3 Å². The molecule has 0 amide bonds. The zero-order valence-corrected chi connectivity index (χ0v) is 9.65. The number of carbonyl (C=O) groups is 1. The standard InChI is InChI=1S/C12H8F3NO3/c1-6-9(16-11(19-6)12(13,14)15)7-3-2-4-8(5-7)10(17)18/h2-5H,1H3,(H,17,18). The highest BCUT2D eigenvalue weighted by Gasteiger charge is 2.38. The summed E-state index contributed by atoms with van der Waals surface area (Å²) in [5, 5.41) is 8.84. The van der Waals surface area contributed by atoms with Gasteiger partial charge in [0.2, 0.25) is 0 Å². The SMILES string of the molecule is Cc1oc(C(F)(F)F)nc1-c1cccc(C(=O)O)c1. The Bertz CT molecular complexity index is 631. The van der Waals surface area contributed by atoms with Crippen LogP contribution in [0, 0.1) is 6.92 Å². The lowest BCUT2D eigenvalue weighted by Crippen LogP contribution is -2.04. The van der Waals surface area contributed by atoms with Crippen molar-refractivity contribution < 1.29 is 27.5 Å². The van der Waals surface area contributed by atoms with Crippen molar-refractivity contribution in [1.29, 1.82) is 0 Å². The predicted octanol–water partition coefficient (Wildman–Crippen LogP) is 3.37. The molecule has 4 nitrogen and oxygen atoms in total. The van der Waals surface area contributed by atoms with E-state index in [9.17, 15) is 18.0 Å². The lowest BCUT2D eigenvalue weighted by atomic mass is 10.1. The van der Waals surface area contributed by atoms with E-state index < -0.39 is 18.0 Å². The number of alkyl halides is 3. The van der Waals surface area contributed by atoms with Crippen molar-refractivity contribution in [2.24, 2.45) is 0 Å². The highest BCUT2D eigenvalue weighted by Crippen LogP contribution is 2.33. The number of benzene rings is 1. The summed E-state index contributed by atoms with van der Waals surface area (Å²) in [6.07, 6.45) is -4.67. The quantitative estimate of drug-likeness (QED) is 0.909. The number of carboxylic acids is 1. The number of hydrogen-bond acceptors (Lipinski definition) is 3. The van der Waals surface area contributed by atoms with Gasteiger partial charge in [0.1, 0.15) is 11.5 Å². The molecule has 0 aliphatic heterocycles. The number of oxazole rings is 1. The van der Waals surface area contributed by atoms with Crippen molar-refractivity contribution in [1.82, 2.24) is 4.98 Å². The van der Waals surface area contributed by atoms with Crippen molar-refractivity contribution in [3.8, 4) is 11.3 Å². The second-order valence-electron chi connectivity index (χ2n) is 3.81. The van der Waals surface area contributed by atoms with E-state index in [0.717, 1.165) is 0 Å². The van der Waals surface area contributed by atoms with Crippen molar-refractivity contribution in [2.45, 2.75) is 13.1 Å². The summed E-state index contributed by atoms with van der Waals surface area (Å²) in [7, 11) is 0. The third kappa shape index (κ3) is 2.59. The number of hydrogen-bond donors (Lipinski definition) is 1. The Morgan fingerprint density at radius 2 is 2.05 bits per heavy atom. The molecule has 0 radical (unpaired) electrons. The number of nitrogens with zero attached hydrogens (tertiary/aromatic N) is 1. The van der Waals surface area contributed by atoms with E-state index in [0.29, 0.717) is 0 Å². The summed E-state index contributed by atoms with van der Waals surface area (Å²) in [6.45, 7) is 1.34. The maximum atomic E-state index is 12.5. The van der Waals surface area contributed by atoms with Crippen molar-refractivity contribution in [3.05, 3.63) is 41.5 Å². The zero-order chi connectivity index (χ0) is 14.2. The monoisotopic (exact) mass is 271 g/mol. The van der Waals surface area contributed by atoms with E-state index >= 15 is 0 Å². The third-order valence-corrected chi connectivity index (χ3v) is 2.42. The molecule has 7 heteroatoms. The van der Waals surface area contributed by atoms with Gasteiger partial charge in [-0.25, -0.2) is 9.78 Å². The smallest absolute Gasteiger partial charge is 0.468 e. The van der Waals surface area contributed by atoms with E-state index in [4.69, 9.17) is 5.11 Å². The molecule has 100 valence electrons. The summed E-state index contributed by atoms with van der Waals surface area (Å²) in [6, 6.07) is 5.48. The van der Waals surface area contributed by atoms with E-state index in [1.165, 1.54) is 31.2 Å². The van der Waals surface area contributed by atoms with Gasteiger partial charge in [-0.3, -0.25) is 0 Å². The molecule has 0 aliphatic rings. The normalized spacial score (nSPS) is 11.6.